The van der Waals surface area contributed by atoms with Gasteiger partial charge in [-0.15, -0.1) is 0 Å². The zero-order valence-corrected chi connectivity index (χ0v) is 29.3. The molecule has 0 aliphatic heterocycles. The molecule has 11 rings (SSSR count). The van der Waals surface area contributed by atoms with Crippen LogP contribution in [-0.4, -0.2) is 15.0 Å². The third-order valence-electron chi connectivity index (χ3n) is 11.6. The molecule has 0 saturated heterocycles. The highest BCUT2D eigenvalue weighted by molar-refractivity contribution is 6.12. The van der Waals surface area contributed by atoms with E-state index in [-0.39, 0.29) is 5.41 Å². The molecule has 0 atom stereocenters. The maximum absolute atomic E-state index is 6.87. The van der Waals surface area contributed by atoms with Gasteiger partial charge in [0.1, 0.15) is 11.2 Å². The molecule has 0 radical (unpaired) electrons. The SMILES string of the molecule is CC1(C)c2ccccc2C2(c3ccccc3-c3ccccc32)c2cc3oc4cccc(-c5nc(-c6ccccc6)nc(-c6ccccc6)n5)c4c3cc21. The van der Waals surface area contributed by atoms with Crippen LogP contribution in [0.4, 0.5) is 0 Å². The van der Waals surface area contributed by atoms with Gasteiger partial charge in [0.2, 0.25) is 0 Å². The highest BCUT2D eigenvalue weighted by Gasteiger charge is 2.53. The van der Waals surface area contributed by atoms with E-state index in [1.54, 1.807) is 0 Å². The third-order valence-corrected chi connectivity index (χ3v) is 11.6. The summed E-state index contributed by atoms with van der Waals surface area (Å²) < 4.78 is 6.87. The zero-order chi connectivity index (χ0) is 35.3. The number of aromatic nitrogens is 3. The monoisotopic (exact) mass is 679 g/mol. The fraction of sp³-hybridized carbons (Fsp3) is 0.0816. The molecule has 2 aromatic heterocycles. The summed E-state index contributed by atoms with van der Waals surface area (Å²) in [5.41, 5.74) is 14.1. The Labute approximate surface area is 307 Å². The lowest BCUT2D eigenvalue weighted by Gasteiger charge is -2.46. The number of fused-ring (bicyclic) bond motifs is 12. The molecule has 4 nitrogen and oxygen atoms in total. The molecule has 0 N–H and O–H groups in total. The molecule has 250 valence electrons. The highest BCUT2D eigenvalue weighted by Crippen LogP contribution is 2.62. The summed E-state index contributed by atoms with van der Waals surface area (Å²) in [5.74, 6) is 1.88. The second-order valence-electron chi connectivity index (χ2n) is 14.7. The lowest BCUT2D eigenvalue weighted by molar-refractivity contribution is 0.562. The first-order valence-electron chi connectivity index (χ1n) is 18.2. The molecular weight excluding hydrogens is 647 g/mol. The van der Waals surface area contributed by atoms with E-state index in [1.165, 1.54) is 44.5 Å². The molecule has 0 amide bonds. The third kappa shape index (κ3) is 4.09. The van der Waals surface area contributed by atoms with Gasteiger partial charge >= 0.3 is 0 Å². The van der Waals surface area contributed by atoms with Gasteiger partial charge in [-0.25, -0.2) is 15.0 Å². The van der Waals surface area contributed by atoms with Crippen molar-refractivity contribution in [3.05, 3.63) is 197 Å². The summed E-state index contributed by atoms with van der Waals surface area (Å²) in [4.78, 5) is 15.2. The number of nitrogens with zero attached hydrogens (tertiary/aromatic N) is 3. The Morgan fingerprint density at radius 1 is 0.396 bits per heavy atom. The van der Waals surface area contributed by atoms with Crippen LogP contribution in [0, 0.1) is 0 Å². The molecule has 7 aromatic carbocycles. The minimum Gasteiger partial charge on any atom is -0.456 e. The summed E-state index contributed by atoms with van der Waals surface area (Å²) in [5, 5.41) is 2.06. The van der Waals surface area contributed by atoms with Crippen LogP contribution in [0.15, 0.2) is 168 Å². The van der Waals surface area contributed by atoms with Gasteiger partial charge in [-0.05, 0) is 62.7 Å². The van der Waals surface area contributed by atoms with Gasteiger partial charge in [0.05, 0.1) is 5.41 Å². The minimum atomic E-state index is -0.492. The van der Waals surface area contributed by atoms with Gasteiger partial charge in [0.15, 0.2) is 17.5 Å². The highest BCUT2D eigenvalue weighted by atomic mass is 16.3. The van der Waals surface area contributed by atoms with Crippen LogP contribution in [0.3, 0.4) is 0 Å². The van der Waals surface area contributed by atoms with E-state index in [9.17, 15) is 0 Å². The van der Waals surface area contributed by atoms with Crippen molar-refractivity contribution in [1.82, 2.24) is 15.0 Å². The van der Waals surface area contributed by atoms with E-state index >= 15 is 0 Å². The Morgan fingerprint density at radius 2 is 0.906 bits per heavy atom. The van der Waals surface area contributed by atoms with Crippen molar-refractivity contribution in [2.45, 2.75) is 24.7 Å². The van der Waals surface area contributed by atoms with Crippen LogP contribution < -0.4 is 0 Å². The van der Waals surface area contributed by atoms with Crippen molar-refractivity contribution < 1.29 is 4.42 Å². The molecule has 1 spiro atoms. The van der Waals surface area contributed by atoms with E-state index in [2.05, 4.69) is 111 Å². The van der Waals surface area contributed by atoms with Gasteiger partial charge in [-0.2, -0.15) is 0 Å². The largest absolute Gasteiger partial charge is 0.456 e. The van der Waals surface area contributed by atoms with Crippen LogP contribution in [0.2, 0.25) is 0 Å². The van der Waals surface area contributed by atoms with E-state index in [0.717, 1.165) is 38.6 Å². The fourth-order valence-electron chi connectivity index (χ4n) is 9.28. The van der Waals surface area contributed by atoms with Crippen LogP contribution in [-0.2, 0) is 10.8 Å². The topological polar surface area (TPSA) is 51.8 Å². The first kappa shape index (κ1) is 30.0. The molecule has 53 heavy (non-hydrogen) atoms. The number of hydrogen-bond donors (Lipinski definition) is 0. The van der Waals surface area contributed by atoms with Gasteiger partial charge in [0.25, 0.3) is 0 Å². The van der Waals surface area contributed by atoms with Crippen molar-refractivity contribution in [3.63, 3.8) is 0 Å². The van der Waals surface area contributed by atoms with Gasteiger partial charge < -0.3 is 4.42 Å². The maximum Gasteiger partial charge on any atom is 0.164 e. The average molecular weight is 680 g/mol. The molecule has 0 saturated carbocycles. The van der Waals surface area contributed by atoms with Gasteiger partial charge in [-0.3, -0.25) is 0 Å². The molecule has 9 aromatic rings. The lowest BCUT2D eigenvalue weighted by atomic mass is 9.55. The molecule has 0 unspecified atom stereocenters. The normalized spacial score (nSPS) is 14.5. The van der Waals surface area contributed by atoms with E-state index in [0.29, 0.717) is 17.5 Å². The second-order valence-corrected chi connectivity index (χ2v) is 14.7. The standard InChI is InChI=1S/C49H33N3O/c1-48(2)38-25-13-14-26-39(38)49(36-23-11-9-20-32(36)33-21-10-12-24-37(33)49)41-29-43-35(28-40(41)48)44-34(22-15-27-42(44)53-43)47-51-45(30-16-5-3-6-17-30)50-46(52-47)31-18-7-4-8-19-31/h3-29H,1-2H3. The summed E-state index contributed by atoms with van der Waals surface area (Å²) in [7, 11) is 0. The summed E-state index contributed by atoms with van der Waals surface area (Å²) in [6.07, 6.45) is 0. The Balaban J connectivity index is 1.22. The van der Waals surface area contributed by atoms with E-state index < -0.39 is 5.41 Å². The Morgan fingerprint density at radius 3 is 1.53 bits per heavy atom. The molecule has 4 heteroatoms. The van der Waals surface area contributed by atoms with Crippen LogP contribution in [0.5, 0.6) is 0 Å². The minimum absolute atomic E-state index is 0.287. The quantitative estimate of drug-likeness (QED) is 0.186. The van der Waals surface area contributed by atoms with E-state index in [4.69, 9.17) is 19.4 Å². The van der Waals surface area contributed by atoms with Crippen LogP contribution in [0.25, 0.3) is 67.2 Å². The predicted molar refractivity (Wildman–Crippen MR) is 213 cm³/mol. The van der Waals surface area contributed by atoms with E-state index in [1.807, 2.05) is 66.7 Å². The Bertz CT molecular complexity index is 2820. The predicted octanol–water partition coefficient (Wildman–Crippen LogP) is 11.8. The first-order valence-corrected chi connectivity index (χ1v) is 18.2. The molecule has 0 fully saturated rings. The number of benzene rings is 7. The number of hydrogen-bond acceptors (Lipinski definition) is 4. The maximum atomic E-state index is 6.87. The van der Waals surface area contributed by atoms with Gasteiger partial charge in [0, 0.05) is 32.9 Å². The molecule has 2 aliphatic carbocycles. The Hall–Kier alpha value is -6.65. The molecular formula is C49H33N3O. The van der Waals surface area contributed by atoms with Crippen molar-refractivity contribution in [2.75, 3.05) is 0 Å². The average Bonchev–Trinajstić information content (AvgIpc) is 3.74. The molecule has 2 heterocycles. The van der Waals surface area contributed by atoms with Crippen LogP contribution >= 0.6 is 0 Å². The smallest absolute Gasteiger partial charge is 0.164 e. The van der Waals surface area contributed by atoms with Crippen molar-refractivity contribution >= 4 is 21.9 Å². The van der Waals surface area contributed by atoms with Gasteiger partial charge in [-0.1, -0.05) is 159 Å². The van der Waals surface area contributed by atoms with Crippen LogP contribution in [0.1, 0.15) is 47.2 Å². The number of rotatable bonds is 3. The van der Waals surface area contributed by atoms with Crippen molar-refractivity contribution in [2.24, 2.45) is 0 Å². The summed E-state index contributed by atoms with van der Waals surface area (Å²) in [6, 6.07) is 58.1. The Kier molecular flexibility index (Phi) is 6.19. The van der Waals surface area contributed by atoms with Crippen molar-refractivity contribution in [3.8, 4) is 45.3 Å². The summed E-state index contributed by atoms with van der Waals surface area (Å²) in [6.45, 7) is 4.73. The summed E-state index contributed by atoms with van der Waals surface area (Å²) >= 11 is 0. The number of furan rings is 1. The molecule has 0 bridgehead atoms. The zero-order valence-electron chi connectivity index (χ0n) is 29.3. The van der Waals surface area contributed by atoms with Crippen molar-refractivity contribution in [1.29, 1.82) is 0 Å². The lowest BCUT2D eigenvalue weighted by Crippen LogP contribution is -2.40. The fourth-order valence-corrected chi connectivity index (χ4v) is 9.28. The molecule has 2 aliphatic rings. The second kappa shape index (κ2) is 10.9. The first-order chi connectivity index (χ1) is 26.0.